The number of carbonyl (C=O) groups excluding carboxylic acids is 2. The second-order valence-electron chi connectivity index (χ2n) is 7.95. The van der Waals surface area contributed by atoms with Gasteiger partial charge in [0.25, 0.3) is 0 Å². The second kappa shape index (κ2) is 10.1. The van der Waals surface area contributed by atoms with Crippen molar-refractivity contribution < 1.29 is 18.0 Å². The van der Waals surface area contributed by atoms with Gasteiger partial charge in [-0.2, -0.15) is 4.31 Å². The highest BCUT2D eigenvalue weighted by Crippen LogP contribution is 2.21. The number of benzene rings is 2. The molecule has 166 valence electrons. The van der Waals surface area contributed by atoms with Crippen LogP contribution >= 0.6 is 0 Å². The average molecular weight is 444 g/mol. The Morgan fingerprint density at radius 2 is 1.52 bits per heavy atom. The fourth-order valence-electron chi connectivity index (χ4n) is 3.72. The molecule has 0 aliphatic carbocycles. The molecule has 2 amide bonds. The van der Waals surface area contributed by atoms with Crippen LogP contribution in [-0.2, 0) is 26.0 Å². The van der Waals surface area contributed by atoms with E-state index in [0.717, 1.165) is 36.0 Å². The largest absolute Gasteiger partial charge is 0.347 e. The van der Waals surface area contributed by atoms with Crippen LogP contribution < -0.4 is 10.6 Å². The summed E-state index contributed by atoms with van der Waals surface area (Å²) in [5.41, 5.74) is 3.47. The number of piperidine rings is 1. The Morgan fingerprint density at radius 1 is 0.903 bits per heavy atom. The minimum Gasteiger partial charge on any atom is -0.347 e. The van der Waals surface area contributed by atoms with Crippen LogP contribution in [0.3, 0.4) is 0 Å². The summed E-state index contributed by atoms with van der Waals surface area (Å²) in [6, 6.07) is 12.3. The molecular formula is C23H29N3O4S. The molecule has 0 spiro atoms. The van der Waals surface area contributed by atoms with Crippen molar-refractivity contribution in [3.05, 3.63) is 59.2 Å². The first kappa shape index (κ1) is 23.0. The van der Waals surface area contributed by atoms with Gasteiger partial charge in [0.05, 0.1) is 4.90 Å². The Bertz CT molecular complexity index is 1020. The molecule has 0 aromatic heterocycles. The predicted molar refractivity (Wildman–Crippen MR) is 120 cm³/mol. The number of carbonyl (C=O) groups is 2. The fourth-order valence-corrected chi connectivity index (χ4v) is 5.23. The third-order valence-electron chi connectivity index (χ3n) is 5.26. The molecule has 2 aromatic carbocycles. The van der Waals surface area contributed by atoms with E-state index < -0.39 is 21.8 Å². The van der Waals surface area contributed by atoms with Gasteiger partial charge >= 0.3 is 11.8 Å². The van der Waals surface area contributed by atoms with Crippen LogP contribution in [-0.4, -0.2) is 44.2 Å². The zero-order valence-electron chi connectivity index (χ0n) is 18.0. The predicted octanol–water partition coefficient (Wildman–Crippen LogP) is 2.78. The summed E-state index contributed by atoms with van der Waals surface area (Å²) in [4.78, 5) is 24.4. The van der Waals surface area contributed by atoms with Gasteiger partial charge in [-0.15, -0.1) is 0 Å². The summed E-state index contributed by atoms with van der Waals surface area (Å²) in [6.45, 7) is 5.26. The van der Waals surface area contributed by atoms with Crippen molar-refractivity contribution in [1.82, 2.24) is 9.62 Å². The molecule has 1 heterocycles. The first-order valence-corrected chi connectivity index (χ1v) is 12.0. The number of hydrogen-bond acceptors (Lipinski definition) is 4. The van der Waals surface area contributed by atoms with Gasteiger partial charge in [-0.25, -0.2) is 8.42 Å². The van der Waals surface area contributed by atoms with Crippen LogP contribution in [0.5, 0.6) is 0 Å². The van der Waals surface area contributed by atoms with E-state index >= 15 is 0 Å². The molecule has 8 heteroatoms. The number of amides is 2. The molecule has 0 atom stereocenters. The van der Waals surface area contributed by atoms with Gasteiger partial charge in [-0.1, -0.05) is 24.6 Å². The zero-order chi connectivity index (χ0) is 22.4. The Hall–Kier alpha value is -2.71. The number of nitrogens with one attached hydrogen (secondary N) is 2. The number of hydrogen-bond donors (Lipinski definition) is 2. The smallest absolute Gasteiger partial charge is 0.313 e. The van der Waals surface area contributed by atoms with Crippen molar-refractivity contribution in [1.29, 1.82) is 0 Å². The maximum Gasteiger partial charge on any atom is 0.313 e. The summed E-state index contributed by atoms with van der Waals surface area (Å²) < 4.78 is 26.9. The number of sulfonamides is 1. The van der Waals surface area contributed by atoms with Crippen LogP contribution in [0.15, 0.2) is 47.4 Å². The Labute approximate surface area is 183 Å². The van der Waals surface area contributed by atoms with Crippen molar-refractivity contribution in [2.75, 3.05) is 25.0 Å². The van der Waals surface area contributed by atoms with Crippen LogP contribution in [0.25, 0.3) is 0 Å². The number of aryl methyl sites for hydroxylation is 2. The van der Waals surface area contributed by atoms with E-state index in [4.69, 9.17) is 0 Å². The summed E-state index contributed by atoms with van der Waals surface area (Å²) in [7, 11) is -3.45. The number of rotatable bonds is 6. The van der Waals surface area contributed by atoms with E-state index in [1.165, 1.54) is 0 Å². The number of anilines is 1. The lowest BCUT2D eigenvalue weighted by molar-refractivity contribution is -0.136. The molecule has 0 unspecified atom stereocenters. The van der Waals surface area contributed by atoms with Crippen molar-refractivity contribution in [3.63, 3.8) is 0 Å². The summed E-state index contributed by atoms with van der Waals surface area (Å²) in [5, 5.41) is 5.20. The monoisotopic (exact) mass is 443 g/mol. The highest BCUT2D eigenvalue weighted by molar-refractivity contribution is 7.89. The zero-order valence-corrected chi connectivity index (χ0v) is 18.8. The van der Waals surface area contributed by atoms with E-state index in [2.05, 4.69) is 10.6 Å². The third-order valence-corrected chi connectivity index (χ3v) is 7.17. The van der Waals surface area contributed by atoms with Gasteiger partial charge < -0.3 is 10.6 Å². The van der Waals surface area contributed by atoms with Crippen molar-refractivity contribution in [3.8, 4) is 0 Å². The first-order chi connectivity index (χ1) is 14.8. The Kier molecular flexibility index (Phi) is 7.46. The molecule has 0 saturated carbocycles. The molecule has 0 radical (unpaired) electrons. The highest BCUT2D eigenvalue weighted by atomic mass is 32.2. The number of nitrogens with zero attached hydrogens (tertiary/aromatic N) is 1. The van der Waals surface area contributed by atoms with Crippen molar-refractivity contribution >= 4 is 27.5 Å². The van der Waals surface area contributed by atoms with E-state index in [-0.39, 0.29) is 11.4 Å². The van der Waals surface area contributed by atoms with Gasteiger partial charge in [0, 0.05) is 25.3 Å². The Balaban J connectivity index is 1.49. The first-order valence-electron chi connectivity index (χ1n) is 10.5. The van der Waals surface area contributed by atoms with Crippen molar-refractivity contribution in [2.24, 2.45) is 0 Å². The van der Waals surface area contributed by atoms with Crippen LogP contribution in [0.1, 0.15) is 36.0 Å². The molecule has 0 bridgehead atoms. The second-order valence-corrected chi connectivity index (χ2v) is 9.88. The normalized spacial score (nSPS) is 14.8. The lowest BCUT2D eigenvalue weighted by atomic mass is 10.1. The van der Waals surface area contributed by atoms with E-state index in [1.807, 2.05) is 19.9 Å². The van der Waals surface area contributed by atoms with Crippen molar-refractivity contribution in [2.45, 2.75) is 44.4 Å². The maximum absolute atomic E-state index is 12.7. The minimum atomic E-state index is -3.45. The summed E-state index contributed by atoms with van der Waals surface area (Å²) in [6.07, 6.45) is 3.36. The summed E-state index contributed by atoms with van der Waals surface area (Å²) in [5.74, 6) is -1.42. The molecule has 31 heavy (non-hydrogen) atoms. The van der Waals surface area contributed by atoms with Gasteiger partial charge in [0.1, 0.15) is 0 Å². The molecule has 1 aliphatic rings. The van der Waals surface area contributed by atoms with Gasteiger partial charge in [-0.3, -0.25) is 9.59 Å². The fraction of sp³-hybridized carbons (Fsp3) is 0.391. The lowest BCUT2D eigenvalue weighted by Gasteiger charge is -2.25. The quantitative estimate of drug-likeness (QED) is 0.671. The van der Waals surface area contributed by atoms with E-state index in [1.54, 1.807) is 40.7 Å². The maximum atomic E-state index is 12.7. The molecule has 3 rings (SSSR count). The highest BCUT2D eigenvalue weighted by Gasteiger charge is 2.25. The molecule has 1 fully saturated rings. The van der Waals surface area contributed by atoms with Gasteiger partial charge in [-0.05, 0) is 74.1 Å². The van der Waals surface area contributed by atoms with Gasteiger partial charge in [0.2, 0.25) is 10.0 Å². The molecule has 1 aliphatic heterocycles. The van der Waals surface area contributed by atoms with E-state index in [0.29, 0.717) is 25.2 Å². The van der Waals surface area contributed by atoms with Gasteiger partial charge in [0.15, 0.2) is 0 Å². The van der Waals surface area contributed by atoms with E-state index in [9.17, 15) is 18.0 Å². The average Bonchev–Trinajstić information content (AvgIpc) is 2.74. The van der Waals surface area contributed by atoms with Crippen LogP contribution in [0.4, 0.5) is 5.69 Å². The third kappa shape index (κ3) is 6.15. The summed E-state index contributed by atoms with van der Waals surface area (Å²) >= 11 is 0. The Morgan fingerprint density at radius 3 is 2.13 bits per heavy atom. The van der Waals surface area contributed by atoms with Crippen LogP contribution in [0, 0.1) is 13.8 Å². The molecule has 1 saturated heterocycles. The molecule has 2 N–H and O–H groups in total. The molecular weight excluding hydrogens is 414 g/mol. The van der Waals surface area contributed by atoms with Crippen LogP contribution in [0.2, 0.25) is 0 Å². The lowest BCUT2D eigenvalue weighted by Crippen LogP contribution is -2.36. The molecule has 7 nitrogen and oxygen atoms in total. The SMILES string of the molecule is Cc1cc(C)cc(NC(=O)C(=O)NCCc2ccc(S(=O)(=O)N3CCCCC3)cc2)c1. The topological polar surface area (TPSA) is 95.6 Å². The molecule has 2 aromatic rings. The standard InChI is InChI=1S/C23H29N3O4S/c1-17-14-18(2)16-20(15-17)25-23(28)22(27)24-11-10-19-6-8-21(9-7-19)31(29,30)26-12-4-3-5-13-26/h6-9,14-16H,3-5,10-13H2,1-2H3,(H,24,27)(H,25,28). The minimum absolute atomic E-state index is 0.275.